The first-order chi connectivity index (χ1) is 19.2. The van der Waals surface area contributed by atoms with Crippen molar-refractivity contribution >= 4 is 11.9 Å². The molecule has 0 aliphatic heterocycles. The molecule has 1 saturated carbocycles. The number of esters is 1. The zero-order valence-corrected chi connectivity index (χ0v) is 25.3. The minimum absolute atomic E-state index is 0.0249. The topological polar surface area (TPSA) is 87.7 Å². The molecule has 0 saturated heterocycles. The van der Waals surface area contributed by atoms with Crippen LogP contribution in [0, 0.1) is 17.0 Å². The normalized spacial score (nSPS) is 17.0. The summed E-state index contributed by atoms with van der Waals surface area (Å²) in [6, 6.07) is 10.5. The Balaban J connectivity index is 1.88. The van der Waals surface area contributed by atoms with Crippen LogP contribution < -0.4 is 10.6 Å². The first-order valence-electron chi connectivity index (χ1n) is 14.5. The fourth-order valence-corrected chi connectivity index (χ4v) is 5.55. The Morgan fingerprint density at radius 3 is 2.22 bits per heavy atom. The van der Waals surface area contributed by atoms with E-state index < -0.39 is 41.1 Å². The number of hydrogen-bond donors (Lipinski definition) is 3. The van der Waals surface area contributed by atoms with Gasteiger partial charge in [-0.3, -0.25) is 9.59 Å². The van der Waals surface area contributed by atoms with Crippen LogP contribution in [0.15, 0.2) is 42.5 Å². The number of nitrogens with one attached hydrogen (secondary N) is 2. The molecule has 41 heavy (non-hydrogen) atoms. The first-order valence-corrected chi connectivity index (χ1v) is 14.5. The highest BCUT2D eigenvalue weighted by Gasteiger charge is 2.37. The maximum atomic E-state index is 14.3. The summed E-state index contributed by atoms with van der Waals surface area (Å²) >= 11 is 0. The summed E-state index contributed by atoms with van der Waals surface area (Å²) in [6.07, 6.45) is 4.03. The molecule has 1 amide bonds. The maximum absolute atomic E-state index is 14.3. The highest BCUT2D eigenvalue weighted by molar-refractivity contribution is 5.83. The summed E-state index contributed by atoms with van der Waals surface area (Å²) < 4.78 is 33.2. The number of rotatable bonds is 11. The van der Waals surface area contributed by atoms with Gasteiger partial charge in [-0.1, -0.05) is 78.1 Å². The van der Waals surface area contributed by atoms with Gasteiger partial charge in [0.2, 0.25) is 5.91 Å². The summed E-state index contributed by atoms with van der Waals surface area (Å²) in [6.45, 7) is 9.97. The standard InChI is InChI=1S/C33H46F2N2O4/c1-31(2,3)23-11-10-12-24(19-23)33(14-8-7-9-15-33)36-21-27(38)29(22-17-25(34)20-26(35)18-22)37-30(40)32(4,5)16-13-28(39)41-6/h10-12,17-20,27,29,36,38H,7-9,13-16,21H2,1-6H3,(H,37,40)/t27-,29?/m1/s1. The third kappa shape index (κ3) is 8.58. The lowest BCUT2D eigenvalue weighted by atomic mass is 9.74. The average molecular weight is 573 g/mol. The van der Waals surface area contributed by atoms with Crippen molar-refractivity contribution in [1.29, 1.82) is 0 Å². The van der Waals surface area contributed by atoms with Crippen molar-refractivity contribution < 1.29 is 28.2 Å². The van der Waals surface area contributed by atoms with Crippen LogP contribution in [-0.4, -0.2) is 36.7 Å². The molecule has 226 valence electrons. The van der Waals surface area contributed by atoms with Gasteiger partial charge in [-0.2, -0.15) is 0 Å². The molecule has 0 heterocycles. The van der Waals surface area contributed by atoms with E-state index >= 15 is 0 Å². The van der Waals surface area contributed by atoms with Gasteiger partial charge in [0.25, 0.3) is 0 Å². The average Bonchev–Trinajstić information content (AvgIpc) is 2.92. The maximum Gasteiger partial charge on any atom is 0.305 e. The number of hydrogen-bond acceptors (Lipinski definition) is 5. The fraction of sp³-hybridized carbons (Fsp3) is 0.576. The lowest BCUT2D eigenvalue weighted by Crippen LogP contribution is -2.51. The van der Waals surface area contributed by atoms with Gasteiger partial charge < -0.3 is 20.5 Å². The van der Waals surface area contributed by atoms with Gasteiger partial charge in [-0.15, -0.1) is 0 Å². The third-order valence-electron chi connectivity index (χ3n) is 8.35. The summed E-state index contributed by atoms with van der Waals surface area (Å²) in [5.41, 5.74) is 1.10. The van der Waals surface area contributed by atoms with Crippen molar-refractivity contribution in [2.24, 2.45) is 5.41 Å². The zero-order chi connectivity index (χ0) is 30.4. The third-order valence-corrected chi connectivity index (χ3v) is 8.35. The molecule has 1 aliphatic rings. The molecule has 1 aliphatic carbocycles. The quantitative estimate of drug-likeness (QED) is 0.279. The number of aliphatic hydroxyl groups excluding tert-OH is 1. The monoisotopic (exact) mass is 572 g/mol. The molecule has 0 bridgehead atoms. The van der Waals surface area contributed by atoms with Gasteiger partial charge in [-0.05, 0) is 53.5 Å². The van der Waals surface area contributed by atoms with E-state index in [9.17, 15) is 23.5 Å². The van der Waals surface area contributed by atoms with E-state index in [1.807, 2.05) is 0 Å². The zero-order valence-electron chi connectivity index (χ0n) is 25.3. The van der Waals surface area contributed by atoms with Crippen molar-refractivity contribution in [2.75, 3.05) is 13.7 Å². The van der Waals surface area contributed by atoms with Gasteiger partial charge in [-0.25, -0.2) is 8.78 Å². The summed E-state index contributed by atoms with van der Waals surface area (Å²) in [4.78, 5) is 25.0. The molecule has 1 fully saturated rings. The molecule has 3 N–H and O–H groups in total. The number of aliphatic hydroxyl groups is 1. The fourth-order valence-electron chi connectivity index (χ4n) is 5.55. The Morgan fingerprint density at radius 2 is 1.63 bits per heavy atom. The number of benzene rings is 2. The second kappa shape index (κ2) is 13.4. The second-order valence-electron chi connectivity index (χ2n) is 13.0. The van der Waals surface area contributed by atoms with Crippen molar-refractivity contribution in [3.63, 3.8) is 0 Å². The van der Waals surface area contributed by atoms with E-state index in [2.05, 4.69) is 55.7 Å². The van der Waals surface area contributed by atoms with Crippen LogP contribution in [0.3, 0.4) is 0 Å². The van der Waals surface area contributed by atoms with E-state index in [-0.39, 0.29) is 35.9 Å². The van der Waals surface area contributed by atoms with Gasteiger partial charge in [0, 0.05) is 30.0 Å². The predicted octanol–water partition coefficient (Wildman–Crippen LogP) is 6.21. The smallest absolute Gasteiger partial charge is 0.305 e. The van der Waals surface area contributed by atoms with Gasteiger partial charge in [0.05, 0.1) is 19.3 Å². The predicted molar refractivity (Wildman–Crippen MR) is 156 cm³/mol. The molecule has 0 spiro atoms. The van der Waals surface area contributed by atoms with E-state index in [1.165, 1.54) is 12.7 Å². The van der Waals surface area contributed by atoms with Crippen molar-refractivity contribution in [2.45, 2.75) is 103 Å². The van der Waals surface area contributed by atoms with Gasteiger partial charge in [0.15, 0.2) is 0 Å². The number of amides is 1. The Hall–Kier alpha value is -2.84. The lowest BCUT2D eigenvalue weighted by molar-refractivity contribution is -0.142. The number of ether oxygens (including phenoxy) is 1. The SMILES string of the molecule is COC(=O)CCC(C)(C)C(=O)NC(c1cc(F)cc(F)c1)[C@H](O)CNC1(c2cccc(C(C)(C)C)c2)CCCCC1. The Bertz CT molecular complexity index is 1180. The Morgan fingerprint density at radius 1 is 1.00 bits per heavy atom. The van der Waals surface area contributed by atoms with Crippen molar-refractivity contribution in [3.8, 4) is 0 Å². The molecular formula is C33H46F2N2O4. The minimum atomic E-state index is -1.19. The molecule has 2 aromatic carbocycles. The van der Waals surface area contributed by atoms with Gasteiger partial charge >= 0.3 is 5.97 Å². The highest BCUT2D eigenvalue weighted by Crippen LogP contribution is 2.39. The Labute approximate surface area is 243 Å². The van der Waals surface area contributed by atoms with Crippen LogP contribution in [0.5, 0.6) is 0 Å². The van der Waals surface area contributed by atoms with Crippen LogP contribution in [0.25, 0.3) is 0 Å². The van der Waals surface area contributed by atoms with Gasteiger partial charge in [0.1, 0.15) is 11.6 Å². The van der Waals surface area contributed by atoms with Crippen molar-refractivity contribution in [3.05, 3.63) is 70.8 Å². The summed E-state index contributed by atoms with van der Waals surface area (Å²) in [7, 11) is 1.28. The van der Waals surface area contributed by atoms with Crippen LogP contribution in [0.1, 0.15) is 102 Å². The molecule has 1 unspecified atom stereocenters. The number of halogens is 2. The summed E-state index contributed by atoms with van der Waals surface area (Å²) in [5, 5.41) is 17.9. The highest BCUT2D eigenvalue weighted by atomic mass is 19.1. The number of carbonyl (C=O) groups is 2. The molecule has 2 aromatic rings. The first kappa shape index (κ1) is 32.7. The second-order valence-corrected chi connectivity index (χ2v) is 13.0. The largest absolute Gasteiger partial charge is 0.469 e. The Kier molecular flexibility index (Phi) is 10.7. The van der Waals surface area contributed by atoms with Crippen LogP contribution in [0.4, 0.5) is 8.78 Å². The molecular weight excluding hydrogens is 526 g/mol. The minimum Gasteiger partial charge on any atom is -0.469 e. The molecule has 6 nitrogen and oxygen atoms in total. The molecule has 2 atom stereocenters. The van der Waals surface area contributed by atoms with E-state index in [0.717, 1.165) is 55.9 Å². The molecule has 3 rings (SSSR count). The van der Waals surface area contributed by atoms with E-state index in [1.54, 1.807) is 13.8 Å². The van der Waals surface area contributed by atoms with E-state index in [4.69, 9.17) is 4.74 Å². The number of carbonyl (C=O) groups excluding carboxylic acids is 2. The number of methoxy groups -OCH3 is 1. The van der Waals surface area contributed by atoms with Crippen LogP contribution in [0.2, 0.25) is 0 Å². The van der Waals surface area contributed by atoms with Crippen molar-refractivity contribution in [1.82, 2.24) is 10.6 Å². The van der Waals surface area contributed by atoms with Crippen LogP contribution >= 0.6 is 0 Å². The molecule has 0 radical (unpaired) electrons. The van der Waals surface area contributed by atoms with E-state index in [0.29, 0.717) is 0 Å². The summed E-state index contributed by atoms with van der Waals surface area (Å²) in [5.74, 6) is -2.48. The van der Waals surface area contributed by atoms with Crippen LogP contribution in [-0.2, 0) is 25.3 Å². The molecule has 8 heteroatoms. The lowest BCUT2D eigenvalue weighted by Gasteiger charge is -2.41. The molecule has 0 aromatic heterocycles.